The molecule has 116 valence electrons. The Morgan fingerprint density at radius 2 is 1.64 bits per heavy atom. The second kappa shape index (κ2) is 7.08. The Kier molecular flexibility index (Phi) is 4.91. The van der Waals surface area contributed by atoms with Gasteiger partial charge in [-0.25, -0.2) is 0 Å². The molecule has 0 radical (unpaired) electrons. The van der Waals surface area contributed by atoms with Gasteiger partial charge in [0.2, 0.25) is 0 Å². The highest BCUT2D eigenvalue weighted by atomic mass is 16.3. The summed E-state index contributed by atoms with van der Waals surface area (Å²) in [7, 11) is 0. The van der Waals surface area contributed by atoms with Crippen molar-refractivity contribution in [2.24, 2.45) is 0 Å². The van der Waals surface area contributed by atoms with Gasteiger partial charge in [-0.1, -0.05) is 67.1 Å². The van der Waals surface area contributed by atoms with Crippen LogP contribution in [0.3, 0.4) is 0 Å². The fraction of sp³-hybridized carbons (Fsp3) is 0.400. The van der Waals surface area contributed by atoms with E-state index in [-0.39, 0.29) is 12.6 Å². The summed E-state index contributed by atoms with van der Waals surface area (Å²) >= 11 is 0. The number of piperidine rings is 1. The third-order valence-electron chi connectivity index (χ3n) is 4.87. The number of aliphatic hydroxyl groups excluding tert-OH is 1. The molecular formula is C20H25NO. The van der Waals surface area contributed by atoms with Gasteiger partial charge < -0.3 is 5.11 Å². The molecule has 2 aromatic carbocycles. The lowest BCUT2D eigenvalue weighted by Crippen LogP contribution is -2.43. The first-order valence-electron chi connectivity index (χ1n) is 8.29. The van der Waals surface area contributed by atoms with Crippen LogP contribution < -0.4 is 0 Å². The van der Waals surface area contributed by atoms with Crippen LogP contribution in [0.4, 0.5) is 0 Å². The Balaban J connectivity index is 1.95. The van der Waals surface area contributed by atoms with Crippen LogP contribution in [-0.2, 0) is 0 Å². The number of rotatable bonds is 4. The third-order valence-corrected chi connectivity index (χ3v) is 4.87. The SMILES string of the molecule is C[C@@H]1CCC[C@H](c2ccccc2)N1[C@@H](CO)c1ccccc1. The zero-order chi connectivity index (χ0) is 15.4. The first kappa shape index (κ1) is 15.3. The topological polar surface area (TPSA) is 23.5 Å². The lowest BCUT2D eigenvalue weighted by Gasteiger charge is -2.45. The van der Waals surface area contributed by atoms with E-state index < -0.39 is 0 Å². The number of hydrogen-bond donors (Lipinski definition) is 1. The van der Waals surface area contributed by atoms with Gasteiger partial charge in [0.25, 0.3) is 0 Å². The molecule has 2 heteroatoms. The van der Waals surface area contributed by atoms with Crippen molar-refractivity contribution < 1.29 is 5.11 Å². The minimum Gasteiger partial charge on any atom is -0.394 e. The highest BCUT2D eigenvalue weighted by Gasteiger charge is 2.34. The van der Waals surface area contributed by atoms with E-state index in [1.807, 2.05) is 6.07 Å². The lowest BCUT2D eigenvalue weighted by atomic mass is 9.88. The maximum atomic E-state index is 10.1. The van der Waals surface area contributed by atoms with Crippen molar-refractivity contribution in [2.45, 2.75) is 44.3 Å². The second-order valence-electron chi connectivity index (χ2n) is 6.26. The summed E-state index contributed by atoms with van der Waals surface area (Å²) in [5.74, 6) is 0. The molecule has 0 aromatic heterocycles. The summed E-state index contributed by atoms with van der Waals surface area (Å²) in [6.07, 6.45) is 3.62. The van der Waals surface area contributed by atoms with Crippen LogP contribution in [0, 0.1) is 0 Å². The monoisotopic (exact) mass is 295 g/mol. The van der Waals surface area contributed by atoms with E-state index in [4.69, 9.17) is 0 Å². The Morgan fingerprint density at radius 1 is 1.00 bits per heavy atom. The first-order chi connectivity index (χ1) is 10.8. The van der Waals surface area contributed by atoms with Gasteiger partial charge in [0.05, 0.1) is 12.6 Å². The van der Waals surface area contributed by atoms with Gasteiger partial charge in [0, 0.05) is 12.1 Å². The summed E-state index contributed by atoms with van der Waals surface area (Å²) in [4.78, 5) is 2.52. The van der Waals surface area contributed by atoms with Crippen LogP contribution in [0.2, 0.25) is 0 Å². The van der Waals surface area contributed by atoms with Gasteiger partial charge in [-0.15, -0.1) is 0 Å². The number of aliphatic hydroxyl groups is 1. The molecule has 1 saturated heterocycles. The predicted octanol–water partition coefficient (Wildman–Crippen LogP) is 4.34. The number of benzene rings is 2. The average molecular weight is 295 g/mol. The van der Waals surface area contributed by atoms with Crippen LogP contribution in [0.1, 0.15) is 49.4 Å². The summed E-state index contributed by atoms with van der Waals surface area (Å²) in [6.45, 7) is 2.46. The Morgan fingerprint density at radius 3 is 2.27 bits per heavy atom. The molecule has 1 heterocycles. The van der Waals surface area contributed by atoms with Gasteiger partial charge >= 0.3 is 0 Å². The molecular weight excluding hydrogens is 270 g/mol. The predicted molar refractivity (Wildman–Crippen MR) is 90.6 cm³/mol. The van der Waals surface area contributed by atoms with Gasteiger partial charge in [-0.3, -0.25) is 4.90 Å². The molecule has 0 amide bonds. The zero-order valence-electron chi connectivity index (χ0n) is 13.2. The summed E-state index contributed by atoms with van der Waals surface area (Å²) < 4.78 is 0. The first-order valence-corrected chi connectivity index (χ1v) is 8.29. The number of hydrogen-bond acceptors (Lipinski definition) is 2. The maximum absolute atomic E-state index is 10.1. The molecule has 0 bridgehead atoms. The third kappa shape index (κ3) is 3.08. The molecule has 0 aliphatic carbocycles. The highest BCUT2D eigenvalue weighted by molar-refractivity contribution is 5.24. The van der Waals surface area contributed by atoms with Gasteiger partial charge in [-0.05, 0) is 30.9 Å². The molecule has 3 rings (SSSR count). The number of likely N-dealkylation sites (tertiary alicyclic amines) is 1. The Hall–Kier alpha value is -1.64. The van der Waals surface area contributed by atoms with Crippen molar-refractivity contribution in [1.29, 1.82) is 0 Å². The van der Waals surface area contributed by atoms with Crippen molar-refractivity contribution >= 4 is 0 Å². The maximum Gasteiger partial charge on any atom is 0.0628 e. The lowest BCUT2D eigenvalue weighted by molar-refractivity contribution is 0.0164. The van der Waals surface area contributed by atoms with E-state index in [9.17, 15) is 5.11 Å². The van der Waals surface area contributed by atoms with Crippen molar-refractivity contribution in [3.63, 3.8) is 0 Å². The van der Waals surface area contributed by atoms with Crippen molar-refractivity contribution in [2.75, 3.05) is 6.61 Å². The molecule has 2 nitrogen and oxygen atoms in total. The molecule has 3 atom stereocenters. The zero-order valence-corrected chi connectivity index (χ0v) is 13.2. The fourth-order valence-electron chi connectivity index (χ4n) is 3.80. The Labute approximate surface area is 133 Å². The standard InChI is InChI=1S/C20H25NO/c1-16-9-8-14-19(17-10-4-2-5-11-17)21(16)20(15-22)18-12-6-3-7-13-18/h2-7,10-13,16,19-20,22H,8-9,14-15H2,1H3/t16-,19-,20+/m1/s1. The molecule has 2 aromatic rings. The summed E-state index contributed by atoms with van der Waals surface area (Å²) in [5, 5.41) is 10.1. The molecule has 1 N–H and O–H groups in total. The average Bonchev–Trinajstić information content (AvgIpc) is 2.59. The van der Waals surface area contributed by atoms with Crippen LogP contribution in [-0.4, -0.2) is 22.7 Å². The van der Waals surface area contributed by atoms with Gasteiger partial charge in [0.15, 0.2) is 0 Å². The van der Waals surface area contributed by atoms with Crippen molar-refractivity contribution in [1.82, 2.24) is 4.90 Å². The fourth-order valence-corrected chi connectivity index (χ4v) is 3.80. The molecule has 1 fully saturated rings. The minimum absolute atomic E-state index is 0.0710. The number of nitrogens with zero attached hydrogens (tertiary/aromatic N) is 1. The molecule has 0 unspecified atom stereocenters. The van der Waals surface area contributed by atoms with Crippen molar-refractivity contribution in [3.05, 3.63) is 71.8 Å². The second-order valence-corrected chi connectivity index (χ2v) is 6.26. The van der Waals surface area contributed by atoms with E-state index in [0.29, 0.717) is 12.1 Å². The quantitative estimate of drug-likeness (QED) is 0.907. The highest BCUT2D eigenvalue weighted by Crippen LogP contribution is 2.40. The summed E-state index contributed by atoms with van der Waals surface area (Å²) in [5.41, 5.74) is 2.57. The van der Waals surface area contributed by atoms with Crippen LogP contribution in [0.25, 0.3) is 0 Å². The van der Waals surface area contributed by atoms with Crippen LogP contribution in [0.15, 0.2) is 60.7 Å². The molecule has 1 aliphatic heterocycles. The van der Waals surface area contributed by atoms with Gasteiger partial charge in [0.1, 0.15) is 0 Å². The van der Waals surface area contributed by atoms with E-state index >= 15 is 0 Å². The molecule has 1 aliphatic rings. The van der Waals surface area contributed by atoms with E-state index in [2.05, 4.69) is 66.4 Å². The van der Waals surface area contributed by atoms with E-state index in [1.165, 1.54) is 24.0 Å². The molecule has 0 spiro atoms. The van der Waals surface area contributed by atoms with Crippen LogP contribution in [0.5, 0.6) is 0 Å². The molecule has 0 saturated carbocycles. The summed E-state index contributed by atoms with van der Waals surface area (Å²) in [6, 6.07) is 22.1. The van der Waals surface area contributed by atoms with E-state index in [1.54, 1.807) is 0 Å². The Bertz CT molecular complexity index is 527. The van der Waals surface area contributed by atoms with Crippen LogP contribution >= 0.6 is 0 Å². The van der Waals surface area contributed by atoms with Crippen molar-refractivity contribution in [3.8, 4) is 0 Å². The molecule has 22 heavy (non-hydrogen) atoms. The minimum atomic E-state index is 0.0710. The van der Waals surface area contributed by atoms with E-state index in [0.717, 1.165) is 6.42 Å². The van der Waals surface area contributed by atoms with Gasteiger partial charge in [-0.2, -0.15) is 0 Å². The largest absolute Gasteiger partial charge is 0.394 e. The normalized spacial score (nSPS) is 24.1. The smallest absolute Gasteiger partial charge is 0.0628 e.